The van der Waals surface area contributed by atoms with Gasteiger partial charge in [0, 0.05) is 13.1 Å². The molecule has 0 bridgehead atoms. The third-order valence-corrected chi connectivity index (χ3v) is 3.44. The summed E-state index contributed by atoms with van der Waals surface area (Å²) in [5, 5.41) is 9.26. The standard InChI is InChI=1S/C15H19NO4/c1-15(2,9-17)16(3)14(18)7-5-11-4-6-12-13(8-11)20-10-19-12/h4-8,17H,9-10H2,1-3H3/b7-5+. The summed E-state index contributed by atoms with van der Waals surface area (Å²) in [7, 11) is 1.67. The van der Waals surface area contributed by atoms with Crippen LogP contribution in [-0.4, -0.2) is 41.9 Å². The van der Waals surface area contributed by atoms with Gasteiger partial charge in [-0.05, 0) is 37.6 Å². The van der Waals surface area contributed by atoms with E-state index in [2.05, 4.69) is 0 Å². The summed E-state index contributed by atoms with van der Waals surface area (Å²) >= 11 is 0. The molecule has 1 amide bonds. The highest BCUT2D eigenvalue weighted by Gasteiger charge is 2.25. The van der Waals surface area contributed by atoms with Crippen LogP contribution in [0.2, 0.25) is 0 Å². The molecule has 1 aliphatic rings. The summed E-state index contributed by atoms with van der Waals surface area (Å²) in [6.07, 6.45) is 3.20. The summed E-state index contributed by atoms with van der Waals surface area (Å²) in [6.45, 7) is 3.75. The van der Waals surface area contributed by atoms with Crippen LogP contribution in [0.3, 0.4) is 0 Å². The van der Waals surface area contributed by atoms with Gasteiger partial charge in [-0.2, -0.15) is 0 Å². The summed E-state index contributed by atoms with van der Waals surface area (Å²) in [5.74, 6) is 1.23. The Kier molecular flexibility index (Phi) is 3.99. The molecule has 1 aromatic carbocycles. The smallest absolute Gasteiger partial charge is 0.246 e. The Morgan fingerprint density at radius 3 is 2.80 bits per heavy atom. The largest absolute Gasteiger partial charge is 0.454 e. The van der Waals surface area contributed by atoms with Gasteiger partial charge in [-0.25, -0.2) is 0 Å². The van der Waals surface area contributed by atoms with E-state index in [1.54, 1.807) is 27.0 Å². The maximum absolute atomic E-state index is 12.0. The second-order valence-electron chi connectivity index (χ2n) is 5.31. The number of likely N-dealkylation sites (N-methyl/N-ethyl adjacent to an activating group) is 1. The molecule has 0 saturated heterocycles. The summed E-state index contributed by atoms with van der Waals surface area (Å²) in [6, 6.07) is 5.49. The van der Waals surface area contributed by atoms with Crippen LogP contribution in [0.1, 0.15) is 19.4 Å². The number of aliphatic hydroxyl groups excluding tert-OH is 1. The van der Waals surface area contributed by atoms with Crippen LogP contribution in [0.5, 0.6) is 11.5 Å². The first-order chi connectivity index (χ1) is 9.44. The van der Waals surface area contributed by atoms with Crippen molar-refractivity contribution in [3.63, 3.8) is 0 Å². The molecule has 0 saturated carbocycles. The quantitative estimate of drug-likeness (QED) is 0.850. The maximum Gasteiger partial charge on any atom is 0.246 e. The Balaban J connectivity index is 2.08. The van der Waals surface area contributed by atoms with Gasteiger partial charge in [0.2, 0.25) is 12.7 Å². The number of benzene rings is 1. The van der Waals surface area contributed by atoms with Crippen LogP contribution in [0.4, 0.5) is 0 Å². The molecule has 1 N–H and O–H groups in total. The van der Waals surface area contributed by atoms with E-state index in [0.717, 1.165) is 5.56 Å². The van der Waals surface area contributed by atoms with Gasteiger partial charge in [0.25, 0.3) is 0 Å². The second-order valence-corrected chi connectivity index (χ2v) is 5.31. The lowest BCUT2D eigenvalue weighted by molar-refractivity contribution is -0.130. The van der Waals surface area contributed by atoms with Gasteiger partial charge >= 0.3 is 0 Å². The Morgan fingerprint density at radius 2 is 2.10 bits per heavy atom. The number of carbonyl (C=O) groups excluding carboxylic acids is 1. The molecule has 0 spiro atoms. The van der Waals surface area contributed by atoms with Gasteiger partial charge in [0.15, 0.2) is 11.5 Å². The molecular weight excluding hydrogens is 258 g/mol. The van der Waals surface area contributed by atoms with E-state index in [-0.39, 0.29) is 19.3 Å². The van der Waals surface area contributed by atoms with Gasteiger partial charge < -0.3 is 19.5 Å². The molecule has 1 aromatic rings. The zero-order valence-corrected chi connectivity index (χ0v) is 11.9. The summed E-state index contributed by atoms with van der Waals surface area (Å²) < 4.78 is 10.5. The molecule has 2 rings (SSSR count). The highest BCUT2D eigenvalue weighted by molar-refractivity contribution is 5.92. The minimum atomic E-state index is -0.587. The summed E-state index contributed by atoms with van der Waals surface area (Å²) in [4.78, 5) is 13.5. The Labute approximate surface area is 118 Å². The van der Waals surface area contributed by atoms with E-state index < -0.39 is 5.54 Å². The van der Waals surface area contributed by atoms with Crippen molar-refractivity contribution in [1.29, 1.82) is 0 Å². The van der Waals surface area contributed by atoms with Crippen molar-refractivity contribution in [1.82, 2.24) is 4.90 Å². The van der Waals surface area contributed by atoms with Crippen LogP contribution < -0.4 is 9.47 Å². The van der Waals surface area contributed by atoms with E-state index in [4.69, 9.17) is 9.47 Å². The molecule has 0 unspecified atom stereocenters. The molecule has 0 fully saturated rings. The Morgan fingerprint density at radius 1 is 1.40 bits per heavy atom. The molecular formula is C15H19NO4. The zero-order chi connectivity index (χ0) is 14.8. The number of rotatable bonds is 4. The molecule has 1 aliphatic heterocycles. The van der Waals surface area contributed by atoms with Gasteiger partial charge in [0.05, 0.1) is 12.1 Å². The van der Waals surface area contributed by atoms with Gasteiger partial charge in [-0.1, -0.05) is 6.07 Å². The molecule has 0 aromatic heterocycles. The third kappa shape index (κ3) is 2.93. The fraction of sp³-hybridized carbons (Fsp3) is 0.400. The topological polar surface area (TPSA) is 59.0 Å². The van der Waals surface area contributed by atoms with Gasteiger partial charge in [0.1, 0.15) is 0 Å². The molecule has 108 valence electrons. The van der Waals surface area contributed by atoms with Crippen LogP contribution in [-0.2, 0) is 4.79 Å². The number of ether oxygens (including phenoxy) is 2. The highest BCUT2D eigenvalue weighted by atomic mass is 16.7. The number of nitrogens with zero attached hydrogens (tertiary/aromatic N) is 1. The molecule has 0 aliphatic carbocycles. The van der Waals surface area contributed by atoms with Crippen molar-refractivity contribution >= 4 is 12.0 Å². The van der Waals surface area contributed by atoms with E-state index >= 15 is 0 Å². The maximum atomic E-state index is 12.0. The number of amides is 1. The van der Waals surface area contributed by atoms with Crippen molar-refractivity contribution in [2.45, 2.75) is 19.4 Å². The van der Waals surface area contributed by atoms with Gasteiger partial charge in [-0.15, -0.1) is 0 Å². The molecule has 1 heterocycles. The minimum Gasteiger partial charge on any atom is -0.454 e. The van der Waals surface area contributed by atoms with Crippen LogP contribution >= 0.6 is 0 Å². The number of carbonyl (C=O) groups is 1. The monoisotopic (exact) mass is 277 g/mol. The van der Waals surface area contributed by atoms with E-state index in [9.17, 15) is 9.90 Å². The van der Waals surface area contributed by atoms with Crippen molar-refractivity contribution in [2.24, 2.45) is 0 Å². The average molecular weight is 277 g/mol. The van der Waals surface area contributed by atoms with E-state index in [0.29, 0.717) is 11.5 Å². The minimum absolute atomic E-state index is 0.0902. The van der Waals surface area contributed by atoms with Crippen molar-refractivity contribution in [3.05, 3.63) is 29.8 Å². The highest BCUT2D eigenvalue weighted by Crippen LogP contribution is 2.32. The van der Waals surface area contributed by atoms with Crippen LogP contribution in [0, 0.1) is 0 Å². The van der Waals surface area contributed by atoms with Crippen molar-refractivity contribution in [3.8, 4) is 11.5 Å². The fourth-order valence-electron chi connectivity index (χ4n) is 1.70. The number of aliphatic hydroxyl groups is 1. The van der Waals surface area contributed by atoms with E-state index in [1.165, 1.54) is 11.0 Å². The Bertz CT molecular complexity index is 537. The molecule has 20 heavy (non-hydrogen) atoms. The Hall–Kier alpha value is -2.01. The molecule has 0 radical (unpaired) electrons. The molecule has 5 heteroatoms. The average Bonchev–Trinajstić information content (AvgIpc) is 2.91. The van der Waals surface area contributed by atoms with Gasteiger partial charge in [-0.3, -0.25) is 4.79 Å². The summed E-state index contributed by atoms with van der Waals surface area (Å²) in [5.41, 5.74) is 0.272. The van der Waals surface area contributed by atoms with Crippen molar-refractivity contribution < 1.29 is 19.4 Å². The third-order valence-electron chi connectivity index (χ3n) is 3.44. The normalized spacial score (nSPS) is 13.8. The number of hydrogen-bond acceptors (Lipinski definition) is 4. The first-order valence-corrected chi connectivity index (χ1v) is 6.40. The van der Waals surface area contributed by atoms with Crippen LogP contribution in [0.25, 0.3) is 6.08 Å². The lowest BCUT2D eigenvalue weighted by Gasteiger charge is -2.33. The van der Waals surface area contributed by atoms with Crippen LogP contribution in [0.15, 0.2) is 24.3 Å². The lowest BCUT2D eigenvalue weighted by Crippen LogP contribution is -2.47. The number of fused-ring (bicyclic) bond motifs is 1. The predicted octanol–water partition coefficient (Wildman–Crippen LogP) is 1.66. The predicted molar refractivity (Wildman–Crippen MR) is 75.5 cm³/mol. The molecule has 5 nitrogen and oxygen atoms in total. The first kappa shape index (κ1) is 14.4. The SMILES string of the molecule is CN(C(=O)/C=C/c1ccc2c(c1)OCO2)C(C)(C)CO. The second kappa shape index (κ2) is 5.54. The zero-order valence-electron chi connectivity index (χ0n) is 11.9. The fourth-order valence-corrected chi connectivity index (χ4v) is 1.70. The lowest BCUT2D eigenvalue weighted by atomic mass is 10.1. The number of hydrogen-bond donors (Lipinski definition) is 1. The first-order valence-electron chi connectivity index (χ1n) is 6.40. The van der Waals surface area contributed by atoms with Crippen molar-refractivity contribution in [2.75, 3.05) is 20.4 Å². The van der Waals surface area contributed by atoms with E-state index in [1.807, 2.05) is 18.2 Å². The molecule has 0 atom stereocenters.